The van der Waals surface area contributed by atoms with Gasteiger partial charge in [-0.15, -0.1) is 5.10 Å². The van der Waals surface area contributed by atoms with E-state index in [1.165, 1.54) is 0 Å². The third-order valence-corrected chi connectivity index (χ3v) is 2.57. The Kier molecular flexibility index (Phi) is 6.27. The molecule has 0 bridgehead atoms. The smallest absolute Gasteiger partial charge is 0.318 e. The Morgan fingerprint density at radius 3 is 2.63 bits per heavy atom. The van der Waals surface area contributed by atoms with Gasteiger partial charge >= 0.3 is 6.01 Å². The Hall–Kier alpha value is -1.63. The molecule has 1 aromatic rings. The van der Waals surface area contributed by atoms with E-state index in [-0.39, 0.29) is 12.5 Å². The van der Waals surface area contributed by atoms with Gasteiger partial charge in [0.1, 0.15) is 6.54 Å². The van der Waals surface area contributed by atoms with E-state index in [9.17, 15) is 4.79 Å². The van der Waals surface area contributed by atoms with Crippen LogP contribution in [0.1, 0.15) is 26.2 Å². The van der Waals surface area contributed by atoms with Crippen LogP contribution in [-0.4, -0.2) is 54.7 Å². The minimum atomic E-state index is 0.0138. The van der Waals surface area contributed by atoms with Crippen LogP contribution in [0, 0.1) is 0 Å². The highest BCUT2D eigenvalue weighted by atomic mass is 16.4. The first-order valence-electron chi connectivity index (χ1n) is 6.56. The maximum atomic E-state index is 11.8. The fraction of sp³-hybridized carbons (Fsp3) is 0.750. The molecule has 0 saturated carbocycles. The first-order valence-corrected chi connectivity index (χ1v) is 6.56. The van der Waals surface area contributed by atoms with Crippen LogP contribution in [0.4, 0.5) is 6.01 Å². The second-order valence-electron chi connectivity index (χ2n) is 4.47. The van der Waals surface area contributed by atoms with Crippen molar-refractivity contribution in [2.75, 3.05) is 38.6 Å². The van der Waals surface area contributed by atoms with E-state index in [0.717, 1.165) is 13.0 Å². The SMILES string of the molecule is CCCN(CC(=O)N(C)C)c1nnc(CNCC)o1. The molecule has 7 heteroatoms. The summed E-state index contributed by atoms with van der Waals surface area (Å²) in [5, 5.41) is 11.1. The molecular weight excluding hydrogens is 246 g/mol. The van der Waals surface area contributed by atoms with Crippen LogP contribution in [0.3, 0.4) is 0 Å². The van der Waals surface area contributed by atoms with Crippen LogP contribution in [0.15, 0.2) is 4.42 Å². The summed E-state index contributed by atoms with van der Waals surface area (Å²) in [6.07, 6.45) is 0.908. The minimum Gasteiger partial charge on any atom is -0.407 e. The topological polar surface area (TPSA) is 74.5 Å². The second kappa shape index (κ2) is 7.73. The lowest BCUT2D eigenvalue weighted by Crippen LogP contribution is -2.37. The van der Waals surface area contributed by atoms with Crippen LogP contribution in [0.5, 0.6) is 0 Å². The number of carbonyl (C=O) groups is 1. The highest BCUT2D eigenvalue weighted by Gasteiger charge is 2.17. The highest BCUT2D eigenvalue weighted by molar-refractivity contribution is 5.80. The Balaban J connectivity index is 2.69. The van der Waals surface area contributed by atoms with Crippen molar-refractivity contribution in [3.63, 3.8) is 0 Å². The zero-order chi connectivity index (χ0) is 14.3. The van der Waals surface area contributed by atoms with E-state index in [2.05, 4.69) is 15.5 Å². The van der Waals surface area contributed by atoms with Crippen LogP contribution in [0.2, 0.25) is 0 Å². The molecule has 1 N–H and O–H groups in total. The Labute approximate surface area is 114 Å². The summed E-state index contributed by atoms with van der Waals surface area (Å²) in [7, 11) is 3.47. The molecule has 0 spiro atoms. The van der Waals surface area contributed by atoms with Crippen LogP contribution < -0.4 is 10.2 Å². The van der Waals surface area contributed by atoms with E-state index in [0.29, 0.717) is 25.0 Å². The van der Waals surface area contributed by atoms with E-state index in [1.54, 1.807) is 19.0 Å². The summed E-state index contributed by atoms with van der Waals surface area (Å²) in [5.74, 6) is 0.551. The first kappa shape index (κ1) is 15.4. The van der Waals surface area contributed by atoms with Gasteiger partial charge in [-0.1, -0.05) is 18.9 Å². The molecule has 108 valence electrons. The molecule has 0 saturated heterocycles. The monoisotopic (exact) mass is 269 g/mol. The van der Waals surface area contributed by atoms with Crippen molar-refractivity contribution in [1.82, 2.24) is 20.4 Å². The van der Waals surface area contributed by atoms with E-state index in [4.69, 9.17) is 4.42 Å². The molecule has 1 rings (SSSR count). The number of anilines is 1. The molecule has 1 heterocycles. The van der Waals surface area contributed by atoms with Crippen molar-refractivity contribution in [1.29, 1.82) is 0 Å². The predicted molar refractivity (Wildman–Crippen MR) is 72.9 cm³/mol. The van der Waals surface area contributed by atoms with Gasteiger partial charge < -0.3 is 19.5 Å². The second-order valence-corrected chi connectivity index (χ2v) is 4.47. The summed E-state index contributed by atoms with van der Waals surface area (Å²) < 4.78 is 5.55. The van der Waals surface area contributed by atoms with Gasteiger partial charge in [0.2, 0.25) is 11.8 Å². The standard InChI is InChI=1S/C12H23N5O2/c1-5-7-17(9-11(18)16(3)4)12-15-14-10(19-12)8-13-6-2/h13H,5-9H2,1-4H3. The van der Waals surface area contributed by atoms with Crippen molar-refractivity contribution >= 4 is 11.9 Å². The third-order valence-electron chi connectivity index (χ3n) is 2.57. The molecular formula is C12H23N5O2. The molecule has 0 fully saturated rings. The number of carbonyl (C=O) groups excluding carboxylic acids is 1. The van der Waals surface area contributed by atoms with Gasteiger partial charge in [-0.25, -0.2) is 0 Å². The van der Waals surface area contributed by atoms with Gasteiger partial charge in [-0.3, -0.25) is 4.79 Å². The van der Waals surface area contributed by atoms with E-state index >= 15 is 0 Å². The van der Waals surface area contributed by atoms with Crippen molar-refractivity contribution in [2.45, 2.75) is 26.8 Å². The molecule has 0 aliphatic heterocycles. The molecule has 19 heavy (non-hydrogen) atoms. The lowest BCUT2D eigenvalue weighted by Gasteiger charge is -2.20. The summed E-state index contributed by atoms with van der Waals surface area (Å²) in [6, 6.07) is 0.407. The largest absolute Gasteiger partial charge is 0.407 e. The fourth-order valence-electron chi connectivity index (χ4n) is 1.49. The molecule has 7 nitrogen and oxygen atoms in total. The van der Waals surface area contributed by atoms with Crippen LogP contribution in [0.25, 0.3) is 0 Å². The number of aromatic nitrogens is 2. The quantitative estimate of drug-likeness (QED) is 0.740. The number of rotatable bonds is 8. The van der Waals surface area contributed by atoms with Gasteiger partial charge in [0.25, 0.3) is 0 Å². The van der Waals surface area contributed by atoms with Crippen molar-refractivity contribution in [2.24, 2.45) is 0 Å². The van der Waals surface area contributed by atoms with Gasteiger partial charge in [-0.05, 0) is 13.0 Å². The summed E-state index contributed by atoms with van der Waals surface area (Å²) >= 11 is 0. The minimum absolute atomic E-state index is 0.0138. The number of likely N-dealkylation sites (N-methyl/N-ethyl adjacent to an activating group) is 1. The molecule has 0 aliphatic carbocycles. The normalized spacial score (nSPS) is 10.5. The predicted octanol–water partition coefficient (Wildman–Crippen LogP) is 0.484. The first-order chi connectivity index (χ1) is 9.08. The summed E-state index contributed by atoms with van der Waals surface area (Å²) in [5.41, 5.74) is 0. The molecule has 0 unspecified atom stereocenters. The van der Waals surface area contributed by atoms with E-state index < -0.39 is 0 Å². The lowest BCUT2D eigenvalue weighted by atomic mass is 10.4. The Bertz CT molecular complexity index is 391. The zero-order valence-electron chi connectivity index (χ0n) is 12.1. The molecule has 0 radical (unpaired) electrons. The maximum absolute atomic E-state index is 11.8. The molecule has 0 aromatic carbocycles. The zero-order valence-corrected chi connectivity index (χ0v) is 12.1. The number of hydrogen-bond acceptors (Lipinski definition) is 6. The fourth-order valence-corrected chi connectivity index (χ4v) is 1.49. The van der Waals surface area contributed by atoms with Crippen molar-refractivity contribution in [3.05, 3.63) is 5.89 Å². The van der Waals surface area contributed by atoms with Gasteiger partial charge in [0, 0.05) is 20.6 Å². The number of nitrogens with zero attached hydrogens (tertiary/aromatic N) is 4. The van der Waals surface area contributed by atoms with Gasteiger partial charge in [-0.2, -0.15) is 0 Å². The molecule has 1 aromatic heterocycles. The van der Waals surface area contributed by atoms with Crippen LogP contribution in [-0.2, 0) is 11.3 Å². The third kappa shape index (κ3) is 4.86. The van der Waals surface area contributed by atoms with Crippen LogP contribution >= 0.6 is 0 Å². The Morgan fingerprint density at radius 1 is 1.32 bits per heavy atom. The highest BCUT2D eigenvalue weighted by Crippen LogP contribution is 2.12. The lowest BCUT2D eigenvalue weighted by molar-refractivity contribution is -0.127. The Morgan fingerprint density at radius 2 is 2.05 bits per heavy atom. The molecule has 0 atom stereocenters. The summed E-state index contributed by atoms with van der Waals surface area (Å²) in [4.78, 5) is 15.1. The average Bonchev–Trinajstić information content (AvgIpc) is 2.84. The summed E-state index contributed by atoms with van der Waals surface area (Å²) in [6.45, 7) is 6.41. The van der Waals surface area contributed by atoms with Crippen molar-refractivity contribution < 1.29 is 9.21 Å². The maximum Gasteiger partial charge on any atom is 0.318 e. The molecule has 1 amide bonds. The van der Waals surface area contributed by atoms with Crippen molar-refractivity contribution in [3.8, 4) is 0 Å². The number of nitrogens with one attached hydrogen (secondary N) is 1. The van der Waals surface area contributed by atoms with E-state index in [1.807, 2.05) is 18.7 Å². The molecule has 0 aliphatic rings. The van der Waals surface area contributed by atoms with Gasteiger partial charge in [0.15, 0.2) is 0 Å². The average molecular weight is 269 g/mol. The van der Waals surface area contributed by atoms with Gasteiger partial charge in [0.05, 0.1) is 6.54 Å². The number of amides is 1. The number of hydrogen-bond donors (Lipinski definition) is 1.